The lowest BCUT2D eigenvalue weighted by Crippen LogP contribution is -2.56. The molecule has 0 spiro atoms. The minimum atomic E-state index is -0.568. The SMILES string of the molecule is CC(C)(C)C1OCCCC1CNC(=O)C1(n2cccn2)CCNCC1.Cl. The monoisotopic (exact) mass is 384 g/mol. The number of carbonyl (C=O) groups excluding carboxylic acids is 1. The lowest BCUT2D eigenvalue weighted by Gasteiger charge is -2.41. The second-order valence-electron chi connectivity index (χ2n) is 8.50. The molecular formula is C19H33ClN4O2. The van der Waals surface area contributed by atoms with Gasteiger partial charge in [0.2, 0.25) is 5.91 Å². The Morgan fingerprint density at radius 3 is 2.73 bits per heavy atom. The number of hydrogen-bond donors (Lipinski definition) is 2. The molecule has 1 aromatic rings. The van der Waals surface area contributed by atoms with E-state index in [1.807, 2.05) is 16.9 Å². The summed E-state index contributed by atoms with van der Waals surface area (Å²) in [4.78, 5) is 13.2. The van der Waals surface area contributed by atoms with Gasteiger partial charge in [-0.2, -0.15) is 5.10 Å². The Morgan fingerprint density at radius 2 is 2.12 bits per heavy atom. The summed E-state index contributed by atoms with van der Waals surface area (Å²) in [5.41, 5.74) is -0.480. The van der Waals surface area contributed by atoms with Crippen molar-refractivity contribution in [3.8, 4) is 0 Å². The molecule has 2 unspecified atom stereocenters. The number of aromatic nitrogens is 2. The first-order valence-electron chi connectivity index (χ1n) is 9.54. The van der Waals surface area contributed by atoms with Gasteiger partial charge in [-0.1, -0.05) is 20.8 Å². The molecule has 3 rings (SSSR count). The highest BCUT2D eigenvalue weighted by Crippen LogP contribution is 2.34. The number of carbonyl (C=O) groups is 1. The highest BCUT2D eigenvalue weighted by atomic mass is 35.5. The fourth-order valence-corrected chi connectivity index (χ4v) is 4.32. The van der Waals surface area contributed by atoms with Gasteiger partial charge >= 0.3 is 0 Å². The van der Waals surface area contributed by atoms with E-state index in [-0.39, 0.29) is 29.8 Å². The summed E-state index contributed by atoms with van der Waals surface area (Å²) in [6, 6.07) is 1.89. The van der Waals surface area contributed by atoms with Crippen LogP contribution >= 0.6 is 12.4 Å². The first-order valence-corrected chi connectivity index (χ1v) is 9.54. The van der Waals surface area contributed by atoms with Crippen molar-refractivity contribution in [2.75, 3.05) is 26.2 Å². The summed E-state index contributed by atoms with van der Waals surface area (Å²) in [7, 11) is 0. The largest absolute Gasteiger partial charge is 0.377 e. The number of ether oxygens (including phenoxy) is 1. The van der Waals surface area contributed by atoms with E-state index in [1.54, 1.807) is 6.20 Å². The lowest BCUT2D eigenvalue weighted by atomic mass is 9.78. The number of amides is 1. The first kappa shape index (κ1) is 21.2. The van der Waals surface area contributed by atoms with E-state index in [4.69, 9.17) is 4.74 Å². The van der Waals surface area contributed by atoms with Crippen LogP contribution in [0.4, 0.5) is 0 Å². The number of hydrogen-bond acceptors (Lipinski definition) is 4. The van der Waals surface area contributed by atoms with Crippen LogP contribution in [0, 0.1) is 11.3 Å². The molecule has 6 nitrogen and oxygen atoms in total. The quantitative estimate of drug-likeness (QED) is 0.836. The van der Waals surface area contributed by atoms with E-state index < -0.39 is 5.54 Å². The van der Waals surface area contributed by atoms with Crippen molar-refractivity contribution < 1.29 is 9.53 Å². The normalized spacial score (nSPS) is 26.0. The summed E-state index contributed by atoms with van der Waals surface area (Å²) in [5, 5.41) is 11.0. The van der Waals surface area contributed by atoms with Crippen molar-refractivity contribution >= 4 is 18.3 Å². The van der Waals surface area contributed by atoms with E-state index in [2.05, 4.69) is 36.5 Å². The number of piperidine rings is 1. The minimum absolute atomic E-state index is 0. The number of rotatable bonds is 4. The maximum absolute atomic E-state index is 13.2. The molecule has 7 heteroatoms. The molecule has 2 atom stereocenters. The van der Waals surface area contributed by atoms with Gasteiger partial charge in [-0.05, 0) is 50.3 Å². The van der Waals surface area contributed by atoms with Crippen LogP contribution in [0.5, 0.6) is 0 Å². The average Bonchev–Trinajstić information content (AvgIpc) is 3.15. The molecule has 2 saturated heterocycles. The van der Waals surface area contributed by atoms with Crippen molar-refractivity contribution in [1.29, 1.82) is 0 Å². The van der Waals surface area contributed by atoms with Gasteiger partial charge in [0.25, 0.3) is 0 Å². The number of nitrogens with zero attached hydrogens (tertiary/aromatic N) is 2. The third-order valence-electron chi connectivity index (χ3n) is 5.62. The van der Waals surface area contributed by atoms with Crippen molar-refractivity contribution in [1.82, 2.24) is 20.4 Å². The van der Waals surface area contributed by atoms with Gasteiger partial charge < -0.3 is 15.4 Å². The van der Waals surface area contributed by atoms with Crippen LogP contribution in [0.1, 0.15) is 46.5 Å². The topological polar surface area (TPSA) is 68.2 Å². The van der Waals surface area contributed by atoms with Gasteiger partial charge in [0.15, 0.2) is 0 Å². The standard InChI is InChI=1S/C19H32N4O2.ClH/c1-18(2,3)16-15(6-4-13-25-16)14-21-17(24)19(7-10-20-11-8-19)23-12-5-9-22-23;/h5,9,12,15-16,20H,4,6-8,10-11,13-14H2,1-3H3,(H,21,24);1H. The van der Waals surface area contributed by atoms with Gasteiger partial charge in [-0.25, -0.2) is 0 Å². The summed E-state index contributed by atoms with van der Waals surface area (Å²) in [6.07, 6.45) is 7.57. The van der Waals surface area contributed by atoms with Crippen LogP contribution in [0.15, 0.2) is 18.5 Å². The molecule has 1 amide bonds. The van der Waals surface area contributed by atoms with Gasteiger partial charge in [0.05, 0.1) is 6.10 Å². The van der Waals surface area contributed by atoms with Gasteiger partial charge in [0.1, 0.15) is 5.54 Å². The fraction of sp³-hybridized carbons (Fsp3) is 0.789. The molecule has 0 radical (unpaired) electrons. The van der Waals surface area contributed by atoms with Crippen molar-refractivity contribution in [3.63, 3.8) is 0 Å². The van der Waals surface area contributed by atoms with Crippen molar-refractivity contribution in [3.05, 3.63) is 18.5 Å². The van der Waals surface area contributed by atoms with Gasteiger partial charge in [-0.15, -0.1) is 12.4 Å². The second-order valence-corrected chi connectivity index (χ2v) is 8.50. The van der Waals surface area contributed by atoms with E-state index in [9.17, 15) is 4.79 Å². The fourth-order valence-electron chi connectivity index (χ4n) is 4.32. The Hall–Kier alpha value is -1.11. The smallest absolute Gasteiger partial charge is 0.248 e. The molecule has 3 heterocycles. The van der Waals surface area contributed by atoms with Gasteiger partial charge in [0, 0.05) is 31.5 Å². The predicted octanol–water partition coefficient (Wildman–Crippen LogP) is 2.34. The molecule has 0 aromatic carbocycles. The average molecular weight is 385 g/mol. The molecule has 2 fully saturated rings. The third-order valence-corrected chi connectivity index (χ3v) is 5.62. The van der Waals surface area contributed by atoms with E-state index >= 15 is 0 Å². The molecule has 1 aromatic heterocycles. The van der Waals surface area contributed by atoms with Crippen LogP contribution in [0.3, 0.4) is 0 Å². The zero-order chi connectivity index (χ0) is 17.9. The molecule has 148 valence electrons. The number of nitrogens with one attached hydrogen (secondary N) is 2. The predicted molar refractivity (Wildman–Crippen MR) is 104 cm³/mol. The Balaban J connectivity index is 0.00000243. The second kappa shape index (κ2) is 8.72. The highest BCUT2D eigenvalue weighted by molar-refractivity contribution is 5.85. The van der Waals surface area contributed by atoms with Crippen LogP contribution < -0.4 is 10.6 Å². The molecule has 0 bridgehead atoms. The number of halogens is 1. The third kappa shape index (κ3) is 4.41. The van der Waals surface area contributed by atoms with Crippen LogP contribution in [0.25, 0.3) is 0 Å². The molecule has 0 aliphatic carbocycles. The van der Waals surface area contributed by atoms with Crippen LogP contribution in [-0.2, 0) is 15.1 Å². The maximum Gasteiger partial charge on any atom is 0.248 e. The summed E-state index contributed by atoms with van der Waals surface area (Å²) in [6.45, 7) is 9.84. The summed E-state index contributed by atoms with van der Waals surface area (Å²) >= 11 is 0. The molecule has 0 saturated carbocycles. The minimum Gasteiger partial charge on any atom is -0.377 e. The van der Waals surface area contributed by atoms with Gasteiger partial charge in [-0.3, -0.25) is 9.48 Å². The highest BCUT2D eigenvalue weighted by Gasteiger charge is 2.43. The Labute approximate surface area is 162 Å². The molecule has 2 aliphatic heterocycles. The Morgan fingerprint density at radius 1 is 1.38 bits per heavy atom. The van der Waals surface area contributed by atoms with E-state index in [0.717, 1.165) is 45.4 Å². The Kier molecular flexibility index (Phi) is 7.11. The van der Waals surface area contributed by atoms with Crippen molar-refractivity contribution in [2.45, 2.75) is 58.1 Å². The zero-order valence-electron chi connectivity index (χ0n) is 16.2. The van der Waals surface area contributed by atoms with Crippen LogP contribution in [-0.4, -0.2) is 48.0 Å². The zero-order valence-corrected chi connectivity index (χ0v) is 17.0. The van der Waals surface area contributed by atoms with Crippen molar-refractivity contribution in [2.24, 2.45) is 11.3 Å². The molecule has 2 aliphatic rings. The maximum atomic E-state index is 13.2. The first-order chi connectivity index (χ1) is 11.9. The molecular weight excluding hydrogens is 352 g/mol. The summed E-state index contributed by atoms with van der Waals surface area (Å²) in [5.74, 6) is 0.463. The molecule has 2 N–H and O–H groups in total. The molecule has 26 heavy (non-hydrogen) atoms. The van der Waals surface area contributed by atoms with E-state index in [1.165, 1.54) is 0 Å². The van der Waals surface area contributed by atoms with Crippen LogP contribution in [0.2, 0.25) is 0 Å². The Bertz CT molecular complexity index is 565. The lowest BCUT2D eigenvalue weighted by molar-refractivity contribution is -0.133. The summed E-state index contributed by atoms with van der Waals surface area (Å²) < 4.78 is 7.90. The van der Waals surface area contributed by atoms with E-state index in [0.29, 0.717) is 12.5 Å².